The van der Waals surface area contributed by atoms with Crippen molar-refractivity contribution in [3.8, 4) is 0 Å². The molecule has 1 saturated carbocycles. The number of carbonyl (C=O) groups excluding carboxylic acids is 1. The summed E-state index contributed by atoms with van der Waals surface area (Å²) in [5.74, 6) is -0.504. The number of carbonyl (C=O) groups is 1. The molecule has 1 aliphatic carbocycles. The lowest BCUT2D eigenvalue weighted by atomic mass is 10.1. The number of rotatable bonds is 8. The summed E-state index contributed by atoms with van der Waals surface area (Å²) < 4.78 is 12.3. The number of hydrogen-bond acceptors (Lipinski definition) is 8. The Hall–Kier alpha value is -2.69. The molecule has 2 aromatic heterocycles. The van der Waals surface area contributed by atoms with Crippen molar-refractivity contribution >= 4 is 49.2 Å². The van der Waals surface area contributed by atoms with E-state index in [1.807, 2.05) is 6.07 Å². The fourth-order valence-corrected chi connectivity index (χ4v) is 4.76. The molecule has 2 N–H and O–H groups in total. The number of nitrogens with one attached hydrogen (secondary N) is 1. The summed E-state index contributed by atoms with van der Waals surface area (Å²) in [5.41, 5.74) is 1.23. The van der Waals surface area contributed by atoms with Crippen LogP contribution in [0.5, 0.6) is 0 Å². The molecular weight excluding hydrogens is 424 g/mol. The molecule has 156 valence electrons. The number of oxime groups is 1. The fraction of sp³-hybridized carbons (Fsp3) is 0.300. The van der Waals surface area contributed by atoms with Crippen LogP contribution in [0.2, 0.25) is 0 Å². The summed E-state index contributed by atoms with van der Waals surface area (Å²) in [6.45, 7) is 1.40. The van der Waals surface area contributed by atoms with Gasteiger partial charge in [-0.2, -0.15) is 0 Å². The quantitative estimate of drug-likeness (QED) is 0.408. The van der Waals surface area contributed by atoms with E-state index in [4.69, 9.17) is 4.84 Å². The smallest absolute Gasteiger partial charge is 0.280 e. The molecule has 2 heterocycles. The molecule has 0 spiro atoms. The van der Waals surface area contributed by atoms with Crippen molar-refractivity contribution in [3.05, 3.63) is 48.2 Å². The van der Waals surface area contributed by atoms with Crippen molar-refractivity contribution in [1.82, 2.24) is 9.97 Å². The van der Waals surface area contributed by atoms with Crippen molar-refractivity contribution < 1.29 is 18.9 Å². The lowest BCUT2D eigenvalue weighted by Gasteiger charge is -2.10. The minimum Gasteiger partial charge on any atom is -0.392 e. The third kappa shape index (κ3) is 4.72. The number of nitrogens with zero attached hydrogens (tertiary/aromatic N) is 3. The molecule has 0 saturated heterocycles. The predicted octanol–water partition coefficient (Wildman–Crippen LogP) is 2.70. The van der Waals surface area contributed by atoms with E-state index in [9.17, 15) is 14.1 Å². The highest BCUT2D eigenvalue weighted by molar-refractivity contribution is 7.86. The van der Waals surface area contributed by atoms with E-state index in [0.29, 0.717) is 21.0 Å². The molecule has 2 atom stereocenters. The van der Waals surface area contributed by atoms with Crippen LogP contribution in [0, 0.1) is 0 Å². The van der Waals surface area contributed by atoms with Gasteiger partial charge in [-0.1, -0.05) is 28.6 Å². The minimum atomic E-state index is -1.03. The Morgan fingerprint density at radius 2 is 2.13 bits per heavy atom. The normalized spacial score (nSPS) is 16.3. The molecule has 1 aromatic carbocycles. The first-order chi connectivity index (χ1) is 14.5. The number of pyridine rings is 1. The lowest BCUT2D eigenvalue weighted by molar-refractivity contribution is -0.110. The fourth-order valence-electron chi connectivity index (χ4n) is 2.60. The van der Waals surface area contributed by atoms with Gasteiger partial charge in [-0.25, -0.2) is 9.97 Å². The zero-order valence-corrected chi connectivity index (χ0v) is 17.8. The molecule has 0 radical (unpaired) electrons. The van der Waals surface area contributed by atoms with Crippen LogP contribution in [-0.2, 0) is 20.4 Å². The van der Waals surface area contributed by atoms with E-state index < -0.39 is 22.8 Å². The number of anilines is 1. The monoisotopic (exact) mass is 444 g/mol. The maximum absolute atomic E-state index is 12.9. The number of hydrogen-bond donors (Lipinski definition) is 2. The van der Waals surface area contributed by atoms with Crippen LogP contribution < -0.4 is 5.32 Å². The van der Waals surface area contributed by atoms with Crippen molar-refractivity contribution in [2.24, 2.45) is 5.16 Å². The van der Waals surface area contributed by atoms with Gasteiger partial charge in [0, 0.05) is 21.9 Å². The molecule has 4 rings (SSSR count). The van der Waals surface area contributed by atoms with Gasteiger partial charge >= 0.3 is 0 Å². The van der Waals surface area contributed by atoms with Crippen molar-refractivity contribution in [1.29, 1.82) is 0 Å². The Morgan fingerprint density at radius 1 is 1.37 bits per heavy atom. The summed E-state index contributed by atoms with van der Waals surface area (Å²) in [6, 6.07) is 10.5. The highest BCUT2D eigenvalue weighted by Gasteiger charge is 2.29. The van der Waals surface area contributed by atoms with Crippen LogP contribution in [-0.4, -0.2) is 48.9 Å². The maximum atomic E-state index is 12.9. The second kappa shape index (κ2) is 8.99. The molecule has 1 amide bonds. The Kier molecular flexibility index (Phi) is 6.16. The Morgan fingerprint density at radius 3 is 2.80 bits per heavy atom. The molecule has 1 aliphatic rings. The zero-order chi connectivity index (χ0) is 21.1. The van der Waals surface area contributed by atoms with Gasteiger partial charge in [0.2, 0.25) is 0 Å². The van der Waals surface area contributed by atoms with E-state index in [1.165, 1.54) is 11.3 Å². The lowest BCUT2D eigenvalue weighted by Crippen LogP contribution is -2.25. The maximum Gasteiger partial charge on any atom is 0.280 e. The number of aliphatic hydroxyl groups is 1. The molecular formula is C20H20N4O4S2. The topological polar surface area (TPSA) is 114 Å². The minimum absolute atomic E-state index is 0.0336. The first kappa shape index (κ1) is 20.6. The summed E-state index contributed by atoms with van der Waals surface area (Å²) in [7, 11) is -1.03. The highest BCUT2D eigenvalue weighted by atomic mass is 32.2. The third-order valence-electron chi connectivity index (χ3n) is 4.37. The Bertz CT molecular complexity index is 1080. The third-order valence-corrected chi connectivity index (χ3v) is 7.08. The summed E-state index contributed by atoms with van der Waals surface area (Å²) in [5, 5.41) is 16.5. The van der Waals surface area contributed by atoms with E-state index >= 15 is 0 Å². The first-order valence-electron chi connectivity index (χ1n) is 9.43. The van der Waals surface area contributed by atoms with Crippen LogP contribution in [0.15, 0.2) is 52.6 Å². The first-order valence-corrected chi connectivity index (χ1v) is 11.5. The van der Waals surface area contributed by atoms with Gasteiger partial charge in [-0.3, -0.25) is 14.3 Å². The Labute approximate surface area is 179 Å². The average molecular weight is 445 g/mol. The van der Waals surface area contributed by atoms with E-state index in [0.717, 1.165) is 17.7 Å². The summed E-state index contributed by atoms with van der Waals surface area (Å²) in [6.07, 6.45) is 3.05. The van der Waals surface area contributed by atoms with Crippen LogP contribution in [0.4, 0.5) is 5.13 Å². The average Bonchev–Trinajstić information content (AvgIpc) is 3.53. The number of amides is 1. The van der Waals surface area contributed by atoms with Gasteiger partial charge in [0.1, 0.15) is 16.5 Å². The number of aliphatic hydroxyl groups excluding tert-OH is 1. The van der Waals surface area contributed by atoms with E-state index in [1.54, 1.807) is 43.5 Å². The summed E-state index contributed by atoms with van der Waals surface area (Å²) in [4.78, 5) is 28.2. The van der Waals surface area contributed by atoms with E-state index in [-0.39, 0.29) is 17.6 Å². The molecule has 30 heavy (non-hydrogen) atoms. The number of fused-ring (bicyclic) bond motifs is 1. The molecule has 3 aromatic rings. The number of benzene rings is 1. The molecule has 0 bridgehead atoms. The molecule has 10 heteroatoms. The molecule has 0 aliphatic heterocycles. The van der Waals surface area contributed by atoms with Crippen molar-refractivity contribution in [2.45, 2.75) is 36.0 Å². The highest BCUT2D eigenvalue weighted by Crippen LogP contribution is 2.30. The second-order valence-electron chi connectivity index (χ2n) is 6.86. The Balaban J connectivity index is 1.58. The van der Waals surface area contributed by atoms with Crippen LogP contribution in [0.3, 0.4) is 0 Å². The van der Waals surface area contributed by atoms with Gasteiger partial charge in [-0.15, -0.1) is 0 Å². The molecule has 8 nitrogen and oxygen atoms in total. The summed E-state index contributed by atoms with van der Waals surface area (Å²) >= 11 is 1.25. The standard InChI is InChI=1S/C20H20N4O4S2/c1-12(11-25)28-24-17(13-4-6-14(7-5-13)30(27)15-8-9-15)18(26)23-20-22-16-3-2-10-21-19(16)29-20/h2-7,10,12,15,25H,8-9,11H2,1H3,(H,22,23,26)/b24-17+/t12-,30?/m1/s1. The second-order valence-corrected chi connectivity index (χ2v) is 9.57. The van der Waals surface area contributed by atoms with Crippen LogP contribution >= 0.6 is 11.3 Å². The molecule has 1 unspecified atom stereocenters. The van der Waals surface area contributed by atoms with Gasteiger partial charge in [0.05, 0.1) is 17.4 Å². The number of thiazole rings is 1. The SMILES string of the molecule is C[C@H](CO)O/N=C(/C(=O)Nc1nc2cccnc2s1)c1ccc(S(=O)C2CC2)cc1. The van der Waals surface area contributed by atoms with Gasteiger partial charge < -0.3 is 9.94 Å². The zero-order valence-electron chi connectivity index (χ0n) is 16.1. The van der Waals surface area contributed by atoms with Crippen molar-refractivity contribution in [2.75, 3.05) is 11.9 Å². The van der Waals surface area contributed by atoms with Gasteiger partial charge in [0.15, 0.2) is 10.8 Å². The van der Waals surface area contributed by atoms with E-state index in [2.05, 4.69) is 20.4 Å². The van der Waals surface area contributed by atoms with Gasteiger partial charge in [-0.05, 0) is 44.0 Å². The van der Waals surface area contributed by atoms with Gasteiger partial charge in [0.25, 0.3) is 5.91 Å². The van der Waals surface area contributed by atoms with Crippen LogP contribution in [0.1, 0.15) is 25.3 Å². The van der Waals surface area contributed by atoms with Crippen LogP contribution in [0.25, 0.3) is 10.3 Å². The van der Waals surface area contributed by atoms with Crippen molar-refractivity contribution in [3.63, 3.8) is 0 Å². The largest absolute Gasteiger partial charge is 0.392 e. The predicted molar refractivity (Wildman–Crippen MR) is 116 cm³/mol. The molecule has 1 fully saturated rings. The number of aromatic nitrogens is 2.